The molecule has 0 aliphatic carbocycles. The van der Waals surface area contributed by atoms with Crippen LogP contribution >= 0.6 is 0 Å². The van der Waals surface area contributed by atoms with Gasteiger partial charge in [-0.2, -0.15) is 0 Å². The molecule has 236 valence electrons. The second kappa shape index (κ2) is 13.8. The van der Waals surface area contributed by atoms with E-state index in [0.717, 1.165) is 16.7 Å². The van der Waals surface area contributed by atoms with Gasteiger partial charge in [0.25, 0.3) is 0 Å². The summed E-state index contributed by atoms with van der Waals surface area (Å²) >= 11 is -6.09. The van der Waals surface area contributed by atoms with E-state index in [0.29, 0.717) is 33.2 Å². The number of hydrogen-bond donors (Lipinski definition) is 0. The number of rotatable bonds is 11. The van der Waals surface area contributed by atoms with Crippen molar-refractivity contribution in [2.45, 2.75) is 33.6 Å². The van der Waals surface area contributed by atoms with Crippen LogP contribution in [-0.2, 0) is 28.5 Å². The van der Waals surface area contributed by atoms with Crippen molar-refractivity contribution in [1.29, 1.82) is 0 Å². The number of hydrogen-bond acceptors (Lipinski definition) is 6. The van der Waals surface area contributed by atoms with E-state index in [9.17, 15) is 9.59 Å². The van der Waals surface area contributed by atoms with Gasteiger partial charge in [0, 0.05) is 0 Å². The maximum absolute atomic E-state index is 14.4. The molecule has 5 aromatic carbocycles. The number of methoxy groups -OCH3 is 2. The van der Waals surface area contributed by atoms with Crippen molar-refractivity contribution in [2.24, 2.45) is 0 Å². The molecule has 0 saturated carbocycles. The number of benzene rings is 5. The molecule has 0 aliphatic rings. The predicted molar refractivity (Wildman–Crippen MR) is 184 cm³/mol. The summed E-state index contributed by atoms with van der Waals surface area (Å²) in [6.45, 7) is 5.98. The van der Waals surface area contributed by atoms with Gasteiger partial charge in [-0.3, -0.25) is 0 Å². The molecule has 0 radical (unpaired) electrons. The van der Waals surface area contributed by atoms with Crippen LogP contribution in [0.1, 0.15) is 27.8 Å². The van der Waals surface area contributed by atoms with Crippen LogP contribution in [0.5, 0.6) is 11.5 Å². The molecule has 0 bridgehead atoms. The SMILES string of the molecule is COc1ccccc1CC(=O)[O][Sb]([O]C(=O)Cc1ccccc1OC)([c]1ccc(C)cc1)([c]1ccc(C)cc1)[c]1ccc(C)cc1. The molecule has 0 amide bonds. The van der Waals surface area contributed by atoms with Crippen molar-refractivity contribution in [2.75, 3.05) is 14.2 Å². The van der Waals surface area contributed by atoms with Crippen LogP contribution < -0.4 is 20.0 Å². The van der Waals surface area contributed by atoms with Gasteiger partial charge in [-0.1, -0.05) is 0 Å². The molecule has 5 rings (SSSR count). The minimum atomic E-state index is -6.09. The summed E-state index contributed by atoms with van der Waals surface area (Å²) in [5, 5.41) is 0. The average molecular weight is 725 g/mol. The first-order valence-corrected chi connectivity index (χ1v) is 21.0. The number of para-hydroxylation sites is 2. The fourth-order valence-electron chi connectivity index (χ4n) is 5.69. The van der Waals surface area contributed by atoms with Gasteiger partial charge in [0.15, 0.2) is 0 Å². The molecular formula is C39H39O6Sb. The van der Waals surface area contributed by atoms with Crippen molar-refractivity contribution in [1.82, 2.24) is 0 Å². The maximum atomic E-state index is 14.4. The molecule has 6 nitrogen and oxygen atoms in total. The number of carbonyl (C=O) groups is 2. The van der Waals surface area contributed by atoms with Crippen molar-refractivity contribution in [3.8, 4) is 11.5 Å². The van der Waals surface area contributed by atoms with E-state index in [1.807, 2.05) is 130 Å². The second-order valence-electron chi connectivity index (χ2n) is 11.4. The molecule has 7 heteroatoms. The quantitative estimate of drug-likeness (QED) is 0.165. The Hall–Kier alpha value is -4.54. The van der Waals surface area contributed by atoms with Crippen LogP contribution in [0.2, 0.25) is 0 Å². The first-order chi connectivity index (χ1) is 22.2. The molecule has 0 aliphatic heterocycles. The summed E-state index contributed by atoms with van der Waals surface area (Å²) in [5.74, 6) is 0.0844. The van der Waals surface area contributed by atoms with Crippen LogP contribution in [0.25, 0.3) is 0 Å². The molecule has 0 unspecified atom stereocenters. The Morgan fingerprint density at radius 2 is 0.783 bits per heavy atom. The van der Waals surface area contributed by atoms with Gasteiger partial charge in [0.2, 0.25) is 0 Å². The van der Waals surface area contributed by atoms with Crippen LogP contribution in [0.15, 0.2) is 121 Å². The third-order valence-corrected chi connectivity index (χ3v) is 21.9. The Morgan fingerprint density at radius 3 is 1.09 bits per heavy atom. The summed E-state index contributed by atoms with van der Waals surface area (Å²) < 4.78 is 27.1. The Morgan fingerprint density at radius 1 is 0.478 bits per heavy atom. The molecule has 0 spiro atoms. The van der Waals surface area contributed by atoms with E-state index in [1.54, 1.807) is 26.4 Å². The van der Waals surface area contributed by atoms with Gasteiger partial charge in [-0.25, -0.2) is 0 Å². The predicted octanol–water partition coefficient (Wildman–Crippen LogP) is 5.62. The van der Waals surface area contributed by atoms with E-state index in [1.165, 1.54) is 0 Å². The Bertz CT molecular complexity index is 1650. The number of aryl methyl sites for hydroxylation is 3. The molecular weight excluding hydrogens is 686 g/mol. The molecule has 0 atom stereocenters. The number of carbonyl (C=O) groups excluding carboxylic acids is 2. The third-order valence-electron chi connectivity index (χ3n) is 8.12. The van der Waals surface area contributed by atoms with Gasteiger partial charge in [0.05, 0.1) is 0 Å². The zero-order chi connectivity index (χ0) is 32.8. The van der Waals surface area contributed by atoms with Crippen molar-refractivity contribution < 1.29 is 25.1 Å². The first-order valence-electron chi connectivity index (χ1n) is 15.1. The monoisotopic (exact) mass is 724 g/mol. The standard InChI is InChI=1S/2C9H10O3.3C7H7.Sb/c2*1-12-8-5-3-2-4-7(8)6-9(10)11;3*1-7-5-3-2-4-6-7;/h2*2-5H,6H2,1H3,(H,10,11);3*3-6H,1H3;/q;;;;;+2/p-2. The van der Waals surface area contributed by atoms with Crippen LogP contribution in [-0.4, -0.2) is 44.4 Å². The van der Waals surface area contributed by atoms with E-state index in [2.05, 4.69) is 0 Å². The van der Waals surface area contributed by atoms with Gasteiger partial charge < -0.3 is 0 Å². The van der Waals surface area contributed by atoms with Crippen LogP contribution in [0.4, 0.5) is 0 Å². The summed E-state index contributed by atoms with van der Waals surface area (Å²) in [6.07, 6.45) is -0.168. The van der Waals surface area contributed by atoms with E-state index >= 15 is 0 Å². The minimum absolute atomic E-state index is 0.0839. The van der Waals surface area contributed by atoms with Crippen LogP contribution in [0.3, 0.4) is 0 Å². The zero-order valence-electron chi connectivity index (χ0n) is 26.9. The van der Waals surface area contributed by atoms with E-state index in [-0.39, 0.29) is 12.8 Å². The first kappa shape index (κ1) is 32.8. The molecule has 0 aromatic heterocycles. The zero-order valence-corrected chi connectivity index (χ0v) is 29.4. The Labute approximate surface area is 273 Å². The van der Waals surface area contributed by atoms with Crippen molar-refractivity contribution in [3.63, 3.8) is 0 Å². The average Bonchev–Trinajstić information content (AvgIpc) is 3.06. The van der Waals surface area contributed by atoms with Gasteiger partial charge in [-0.05, 0) is 0 Å². The molecule has 0 fully saturated rings. The topological polar surface area (TPSA) is 71.1 Å². The van der Waals surface area contributed by atoms with Crippen molar-refractivity contribution in [3.05, 3.63) is 149 Å². The fourth-order valence-corrected chi connectivity index (χ4v) is 18.7. The normalized spacial score (nSPS) is 12.0. The Balaban J connectivity index is 1.81. The van der Waals surface area contributed by atoms with Gasteiger partial charge in [0.1, 0.15) is 0 Å². The van der Waals surface area contributed by atoms with Gasteiger partial charge in [-0.15, -0.1) is 0 Å². The fraction of sp³-hybridized carbons (Fsp3) is 0.179. The summed E-state index contributed by atoms with van der Waals surface area (Å²) in [4.78, 5) is 28.8. The molecule has 0 saturated heterocycles. The van der Waals surface area contributed by atoms with Gasteiger partial charge >= 0.3 is 274 Å². The summed E-state index contributed by atoms with van der Waals surface area (Å²) in [7, 11) is 3.14. The molecule has 46 heavy (non-hydrogen) atoms. The third kappa shape index (κ3) is 6.40. The van der Waals surface area contributed by atoms with Crippen molar-refractivity contribution >= 4 is 40.7 Å². The second-order valence-corrected chi connectivity index (χ2v) is 22.3. The molecule has 0 heterocycles. The van der Waals surface area contributed by atoms with E-state index < -0.39 is 30.2 Å². The summed E-state index contributed by atoms with van der Waals surface area (Å²) in [5.41, 5.74) is 4.39. The van der Waals surface area contributed by atoms with Crippen LogP contribution in [0, 0.1) is 20.8 Å². The Kier molecular flexibility index (Phi) is 9.88. The number of ether oxygens (including phenoxy) is 2. The molecule has 0 N–H and O–H groups in total. The molecule has 5 aromatic rings. The van der Waals surface area contributed by atoms with E-state index in [4.69, 9.17) is 15.5 Å². The summed E-state index contributed by atoms with van der Waals surface area (Å²) in [6, 6.07) is 38.1.